The van der Waals surface area contributed by atoms with E-state index in [-0.39, 0.29) is 10.8 Å². The summed E-state index contributed by atoms with van der Waals surface area (Å²) in [6, 6.07) is 14.0. The highest BCUT2D eigenvalue weighted by atomic mass is 32.2. The molecule has 2 heterocycles. The second-order valence-electron chi connectivity index (χ2n) is 7.07. The number of nitrogens with zero attached hydrogens (tertiary/aromatic N) is 3. The minimum Gasteiger partial charge on any atom is -0.333 e. The fraction of sp³-hybridized carbons (Fsp3) is 0.250. The molecule has 1 amide bonds. The summed E-state index contributed by atoms with van der Waals surface area (Å²) in [5.74, 6) is 0.0290. The molecular formula is C20H21N3O3S. The van der Waals surface area contributed by atoms with Crippen molar-refractivity contribution in [3.8, 4) is 0 Å². The van der Waals surface area contributed by atoms with Crippen LogP contribution in [0.5, 0.6) is 0 Å². The zero-order chi connectivity index (χ0) is 19.2. The zero-order valence-electron chi connectivity index (χ0n) is 15.3. The van der Waals surface area contributed by atoms with Crippen molar-refractivity contribution in [2.75, 3.05) is 20.6 Å². The average molecular weight is 383 g/mol. The standard InChI is InChI=1S/C20H21N3O3S/c1-21(2)14-19(24)22-11-15-7-6-10-18-20(15)16(12-22)13-23(18)27(25,26)17-8-4-3-5-9-17/h3-10,13H,11-12,14H2,1-2H3. The van der Waals surface area contributed by atoms with Crippen LogP contribution in [0.15, 0.2) is 59.6 Å². The molecule has 0 saturated carbocycles. The third kappa shape index (κ3) is 3.02. The molecule has 2 aromatic carbocycles. The number of carbonyl (C=O) groups excluding carboxylic acids is 1. The molecule has 1 aliphatic heterocycles. The summed E-state index contributed by atoms with van der Waals surface area (Å²) < 4.78 is 27.6. The van der Waals surface area contributed by atoms with Gasteiger partial charge in [-0.05, 0) is 43.4 Å². The quantitative estimate of drug-likeness (QED) is 0.693. The molecule has 140 valence electrons. The zero-order valence-corrected chi connectivity index (χ0v) is 16.1. The molecule has 0 aliphatic carbocycles. The van der Waals surface area contributed by atoms with Crippen LogP contribution in [-0.4, -0.2) is 48.7 Å². The highest BCUT2D eigenvalue weighted by Crippen LogP contribution is 2.33. The Bertz CT molecular complexity index is 1120. The monoisotopic (exact) mass is 383 g/mol. The third-order valence-electron chi connectivity index (χ3n) is 4.79. The Balaban J connectivity index is 1.81. The van der Waals surface area contributed by atoms with Crippen molar-refractivity contribution in [2.45, 2.75) is 18.0 Å². The van der Waals surface area contributed by atoms with Crippen LogP contribution in [0.2, 0.25) is 0 Å². The van der Waals surface area contributed by atoms with Gasteiger partial charge < -0.3 is 9.80 Å². The van der Waals surface area contributed by atoms with Crippen LogP contribution in [0.1, 0.15) is 11.1 Å². The first-order chi connectivity index (χ1) is 12.9. The fourth-order valence-electron chi connectivity index (χ4n) is 3.59. The Morgan fingerprint density at radius 3 is 2.41 bits per heavy atom. The van der Waals surface area contributed by atoms with E-state index in [9.17, 15) is 13.2 Å². The first kappa shape index (κ1) is 17.8. The van der Waals surface area contributed by atoms with Gasteiger partial charge in [0.25, 0.3) is 10.0 Å². The van der Waals surface area contributed by atoms with Gasteiger partial charge in [-0.25, -0.2) is 12.4 Å². The highest BCUT2D eigenvalue weighted by molar-refractivity contribution is 7.90. The molecule has 7 heteroatoms. The molecule has 0 N–H and O–H groups in total. The molecule has 6 nitrogen and oxygen atoms in total. The summed E-state index contributed by atoms with van der Waals surface area (Å²) in [6.07, 6.45) is 1.66. The van der Waals surface area contributed by atoms with E-state index in [1.807, 2.05) is 37.2 Å². The van der Waals surface area contributed by atoms with Crippen LogP contribution in [0, 0.1) is 0 Å². The predicted molar refractivity (Wildman–Crippen MR) is 104 cm³/mol. The van der Waals surface area contributed by atoms with Crippen molar-refractivity contribution in [1.82, 2.24) is 13.8 Å². The van der Waals surface area contributed by atoms with Crippen LogP contribution in [0.4, 0.5) is 0 Å². The van der Waals surface area contributed by atoms with Crippen molar-refractivity contribution in [1.29, 1.82) is 0 Å². The lowest BCUT2D eigenvalue weighted by Gasteiger charge is -2.28. The predicted octanol–water partition coefficient (Wildman–Crippen LogP) is 2.28. The van der Waals surface area contributed by atoms with Crippen LogP contribution in [0.3, 0.4) is 0 Å². The van der Waals surface area contributed by atoms with Gasteiger partial charge in [-0.3, -0.25) is 4.79 Å². The van der Waals surface area contributed by atoms with Crippen molar-refractivity contribution >= 4 is 26.8 Å². The van der Waals surface area contributed by atoms with Crippen molar-refractivity contribution in [3.63, 3.8) is 0 Å². The minimum atomic E-state index is -3.70. The Kier molecular flexibility index (Phi) is 4.28. The number of likely N-dealkylation sites (N-methyl/N-ethyl adjacent to an activating group) is 1. The van der Waals surface area contributed by atoms with E-state index in [1.54, 1.807) is 41.4 Å². The second kappa shape index (κ2) is 6.51. The molecular weight excluding hydrogens is 362 g/mol. The van der Waals surface area contributed by atoms with Crippen molar-refractivity contribution in [3.05, 3.63) is 65.9 Å². The van der Waals surface area contributed by atoms with Crippen LogP contribution >= 0.6 is 0 Å². The summed E-state index contributed by atoms with van der Waals surface area (Å²) in [4.78, 5) is 16.4. The molecule has 0 unspecified atom stereocenters. The summed E-state index contributed by atoms with van der Waals surface area (Å²) >= 11 is 0. The van der Waals surface area contributed by atoms with Gasteiger partial charge in [0.05, 0.1) is 17.0 Å². The molecule has 0 fully saturated rings. The molecule has 3 aromatic rings. The highest BCUT2D eigenvalue weighted by Gasteiger charge is 2.28. The minimum absolute atomic E-state index is 0.0290. The van der Waals surface area contributed by atoms with Gasteiger partial charge >= 0.3 is 0 Å². The van der Waals surface area contributed by atoms with Crippen LogP contribution in [0.25, 0.3) is 10.9 Å². The molecule has 27 heavy (non-hydrogen) atoms. The summed E-state index contributed by atoms with van der Waals surface area (Å²) in [5.41, 5.74) is 2.49. The summed E-state index contributed by atoms with van der Waals surface area (Å²) in [5, 5.41) is 0.936. The SMILES string of the molecule is CN(C)CC(=O)N1Cc2cccc3c2c(cn3S(=O)(=O)c2ccccc2)C1. The van der Waals surface area contributed by atoms with E-state index < -0.39 is 10.0 Å². The topological polar surface area (TPSA) is 62.6 Å². The van der Waals surface area contributed by atoms with Gasteiger partial charge in [-0.15, -0.1) is 0 Å². The molecule has 0 radical (unpaired) electrons. The maximum absolute atomic E-state index is 13.1. The Morgan fingerprint density at radius 2 is 1.70 bits per heavy atom. The van der Waals surface area contributed by atoms with Crippen LogP contribution < -0.4 is 0 Å². The number of aromatic nitrogens is 1. The maximum Gasteiger partial charge on any atom is 0.268 e. The van der Waals surface area contributed by atoms with Gasteiger partial charge in [-0.1, -0.05) is 30.3 Å². The summed E-state index contributed by atoms with van der Waals surface area (Å²) in [6.45, 7) is 1.23. The molecule has 1 aliphatic rings. The lowest BCUT2D eigenvalue weighted by Crippen LogP contribution is -2.38. The number of hydrogen-bond donors (Lipinski definition) is 0. The van der Waals surface area contributed by atoms with E-state index in [0.29, 0.717) is 25.2 Å². The van der Waals surface area contributed by atoms with Crippen molar-refractivity contribution in [2.24, 2.45) is 0 Å². The normalized spacial score (nSPS) is 14.1. The molecule has 0 saturated heterocycles. The fourth-order valence-corrected chi connectivity index (χ4v) is 4.99. The van der Waals surface area contributed by atoms with E-state index in [0.717, 1.165) is 16.5 Å². The van der Waals surface area contributed by atoms with E-state index >= 15 is 0 Å². The Hall–Kier alpha value is -2.64. The van der Waals surface area contributed by atoms with E-state index in [4.69, 9.17) is 0 Å². The second-order valence-corrected chi connectivity index (χ2v) is 8.88. The largest absolute Gasteiger partial charge is 0.333 e. The molecule has 0 spiro atoms. The lowest BCUT2D eigenvalue weighted by molar-refractivity contribution is -0.133. The number of carbonyl (C=O) groups is 1. The van der Waals surface area contributed by atoms with E-state index in [2.05, 4.69) is 0 Å². The number of amides is 1. The van der Waals surface area contributed by atoms with Gasteiger partial charge in [0.2, 0.25) is 5.91 Å². The first-order valence-corrected chi connectivity index (χ1v) is 10.2. The maximum atomic E-state index is 13.1. The Labute approximate surface area is 158 Å². The first-order valence-electron chi connectivity index (χ1n) is 8.73. The molecule has 1 aromatic heterocycles. The van der Waals surface area contributed by atoms with Crippen LogP contribution in [-0.2, 0) is 27.9 Å². The van der Waals surface area contributed by atoms with Gasteiger partial charge in [0, 0.05) is 24.7 Å². The molecule has 4 rings (SSSR count). The number of benzene rings is 2. The third-order valence-corrected chi connectivity index (χ3v) is 6.47. The number of rotatable bonds is 4. The van der Waals surface area contributed by atoms with E-state index in [1.165, 1.54) is 3.97 Å². The smallest absolute Gasteiger partial charge is 0.268 e. The molecule has 0 bridgehead atoms. The Morgan fingerprint density at radius 1 is 1.00 bits per heavy atom. The van der Waals surface area contributed by atoms with Gasteiger partial charge in [0.15, 0.2) is 0 Å². The van der Waals surface area contributed by atoms with Gasteiger partial charge in [0.1, 0.15) is 0 Å². The van der Waals surface area contributed by atoms with Gasteiger partial charge in [-0.2, -0.15) is 0 Å². The average Bonchev–Trinajstić information content (AvgIpc) is 3.03. The summed E-state index contributed by atoms with van der Waals surface area (Å²) in [7, 11) is 0.0205. The lowest BCUT2D eigenvalue weighted by atomic mass is 10.0. The number of hydrogen-bond acceptors (Lipinski definition) is 4. The van der Waals surface area contributed by atoms with Crippen molar-refractivity contribution < 1.29 is 13.2 Å². The molecule has 0 atom stereocenters.